The molecule has 9 rings (SSSR count). The van der Waals surface area contributed by atoms with Crippen molar-refractivity contribution < 1.29 is 29.6 Å². The molecule has 3 N–H and O–H groups in total. The van der Waals surface area contributed by atoms with Gasteiger partial charge in [-0.05, 0) is 159 Å². The Bertz CT molecular complexity index is 1720. The summed E-state index contributed by atoms with van der Waals surface area (Å²) in [5.41, 5.74) is 1.41. The number of ether oxygens (including phenoxy) is 2. The number of carbonyl (C=O) groups is 1. The highest BCUT2D eigenvalue weighted by molar-refractivity contribution is 5.74. The van der Waals surface area contributed by atoms with Crippen molar-refractivity contribution in [3.05, 3.63) is 35.4 Å². The Labute approximate surface area is 364 Å². The van der Waals surface area contributed by atoms with Crippen LogP contribution in [0, 0.1) is 73.4 Å². The molecule has 1 aliphatic heterocycles. The van der Waals surface area contributed by atoms with Crippen molar-refractivity contribution in [3.63, 3.8) is 0 Å². The molecular weight excluding hydrogens is 745 g/mol. The molecule has 0 radical (unpaired) electrons. The van der Waals surface area contributed by atoms with Crippen LogP contribution in [0.4, 0.5) is 0 Å². The zero-order chi connectivity index (χ0) is 42.4. The molecule has 1 spiro atoms. The van der Waals surface area contributed by atoms with Gasteiger partial charge >= 0.3 is 5.97 Å². The normalized spacial score (nSPS) is 48.0. The second-order valence-electron chi connectivity index (χ2n) is 24.1. The van der Waals surface area contributed by atoms with Crippen LogP contribution in [0.2, 0.25) is 0 Å². The highest BCUT2D eigenvalue weighted by atomic mass is 16.6. The van der Waals surface area contributed by atoms with E-state index in [2.05, 4.69) is 58.9 Å². The number of carboxylic acid groups (broad SMARTS) is 1. The summed E-state index contributed by atoms with van der Waals surface area (Å²) in [5.74, 6) is 0.720. The third-order valence-electron chi connectivity index (χ3n) is 22.1. The van der Waals surface area contributed by atoms with Gasteiger partial charge in [0.05, 0.1) is 24.7 Å². The van der Waals surface area contributed by atoms with Crippen LogP contribution in [-0.4, -0.2) is 53.5 Å². The summed E-state index contributed by atoms with van der Waals surface area (Å²) in [6.45, 7) is 13.2. The first kappa shape index (κ1) is 43.8. The first-order valence-electron chi connectivity index (χ1n) is 25.5. The van der Waals surface area contributed by atoms with Crippen LogP contribution < -0.4 is 0 Å². The molecule has 60 heavy (non-hydrogen) atoms. The molecule has 7 saturated carbocycles. The topological polar surface area (TPSA) is 96.2 Å². The van der Waals surface area contributed by atoms with E-state index in [1.165, 1.54) is 88.2 Å². The van der Waals surface area contributed by atoms with Gasteiger partial charge in [0.1, 0.15) is 0 Å². The summed E-state index contributed by atoms with van der Waals surface area (Å²) in [7, 11) is 1.76. The van der Waals surface area contributed by atoms with Gasteiger partial charge in [-0.1, -0.05) is 110 Å². The smallest absolute Gasteiger partial charge is 0.309 e. The molecule has 1 aromatic carbocycles. The summed E-state index contributed by atoms with van der Waals surface area (Å²) in [5, 5.41) is 36.4. The maximum Gasteiger partial charge on any atom is 0.309 e. The van der Waals surface area contributed by atoms with E-state index >= 15 is 0 Å². The van der Waals surface area contributed by atoms with Gasteiger partial charge in [-0.2, -0.15) is 0 Å². The van der Waals surface area contributed by atoms with E-state index in [4.69, 9.17) is 9.47 Å². The number of aliphatic carboxylic acids is 1. The molecule has 0 amide bonds. The number of rotatable bonds is 15. The second kappa shape index (κ2) is 15.6. The van der Waals surface area contributed by atoms with Crippen LogP contribution in [0.1, 0.15) is 187 Å². The van der Waals surface area contributed by atoms with Crippen LogP contribution in [0.15, 0.2) is 24.3 Å². The lowest BCUT2D eigenvalue weighted by Crippen LogP contribution is -2.79. The number of aliphatic hydroxyl groups is 2. The molecule has 1 heterocycles. The van der Waals surface area contributed by atoms with Crippen LogP contribution in [0.5, 0.6) is 0 Å². The van der Waals surface area contributed by atoms with E-state index in [-0.39, 0.29) is 57.0 Å². The quantitative estimate of drug-likeness (QED) is 0.152. The van der Waals surface area contributed by atoms with E-state index in [0.717, 1.165) is 76.5 Å². The minimum absolute atomic E-state index is 0.00419. The molecule has 1 unspecified atom stereocenters. The summed E-state index contributed by atoms with van der Waals surface area (Å²) in [6.07, 6.45) is 26.8. The number of aliphatic hydroxyl groups excluding tert-OH is 1. The largest absolute Gasteiger partial charge is 0.481 e. The SMILES string of the molecule is CCC[C@H]1[C@]23CC[C@H]4[C@]5(C)CC[C@]6(C)CC[C@@](C)(C(=O)O)C[C@H]6[C@]5(CCCCCC5CCCC5)CC5CC[C@@H](C[C@]1(O)O[C@@H]2Cc1ccc(CCOC)cc1)[C@@]3(CO)[C@]54C. The van der Waals surface area contributed by atoms with Gasteiger partial charge in [-0.25, -0.2) is 0 Å². The van der Waals surface area contributed by atoms with Crippen LogP contribution in [0.25, 0.3) is 0 Å². The third kappa shape index (κ3) is 5.99. The van der Waals surface area contributed by atoms with Crippen molar-refractivity contribution >= 4 is 5.97 Å². The highest BCUT2D eigenvalue weighted by Crippen LogP contribution is 2.88. The van der Waals surface area contributed by atoms with Gasteiger partial charge in [0.25, 0.3) is 0 Å². The second-order valence-corrected chi connectivity index (χ2v) is 24.1. The zero-order valence-electron chi connectivity index (χ0n) is 38.8. The number of methoxy groups -OCH3 is 1. The molecule has 0 aromatic heterocycles. The van der Waals surface area contributed by atoms with Crippen LogP contribution >= 0.6 is 0 Å². The molecule has 1 aromatic rings. The molecular formula is C54H84O6. The average Bonchev–Trinajstić information content (AvgIpc) is 3.80. The molecule has 336 valence electrons. The summed E-state index contributed by atoms with van der Waals surface area (Å²) >= 11 is 0. The fourth-order valence-corrected chi connectivity index (χ4v) is 19.3. The minimum atomic E-state index is -1.16. The summed E-state index contributed by atoms with van der Waals surface area (Å²) < 4.78 is 12.6. The Kier molecular flexibility index (Phi) is 11.4. The number of unbranched alkanes of at least 4 members (excludes halogenated alkanes) is 2. The Balaban J connectivity index is 1.13. The number of carboxylic acids is 1. The van der Waals surface area contributed by atoms with E-state index in [1.807, 2.05) is 0 Å². The predicted molar refractivity (Wildman–Crippen MR) is 238 cm³/mol. The molecule has 6 nitrogen and oxygen atoms in total. The molecule has 1 saturated heterocycles. The number of hydrogen-bond donors (Lipinski definition) is 3. The molecule has 14 atom stereocenters. The maximum atomic E-state index is 13.2. The Morgan fingerprint density at radius 3 is 2.23 bits per heavy atom. The van der Waals surface area contributed by atoms with Crippen molar-refractivity contribution in [1.29, 1.82) is 0 Å². The minimum Gasteiger partial charge on any atom is -0.481 e. The van der Waals surface area contributed by atoms with Crippen molar-refractivity contribution in [3.8, 4) is 0 Å². The first-order valence-corrected chi connectivity index (χ1v) is 25.5. The predicted octanol–water partition coefficient (Wildman–Crippen LogP) is 12.0. The van der Waals surface area contributed by atoms with Crippen molar-refractivity contribution in [2.45, 2.75) is 201 Å². The average molecular weight is 829 g/mol. The number of benzene rings is 1. The summed E-state index contributed by atoms with van der Waals surface area (Å²) in [6, 6.07) is 9.06. The lowest BCUT2D eigenvalue weighted by Gasteiger charge is -2.82. The van der Waals surface area contributed by atoms with Crippen molar-refractivity contribution in [2.75, 3.05) is 20.3 Å². The standard InChI is InChI=1S/C54H84O6/c1-7-13-43-52-26-23-42-49(4)30-29-47(2)27-28-48(3,46(56)57)35-44(47)51(49,25-12-8-9-14-37-15-10-11-16-37)33-40-21-22-41(53(52,36-55)50(40,42)5)34-54(43,58)60-45(52)32-39-19-17-38(18-20-39)24-31-59-6/h17-20,37,40-45,55,58H,7-16,21-36H2,1-6H3,(H,56,57)/t40?,41-,42-,43-,44+,45+,47-,48+,49-,50+,51-,52+,53-,54-/m0/s1. The Morgan fingerprint density at radius 2 is 1.53 bits per heavy atom. The van der Waals surface area contributed by atoms with E-state index in [0.29, 0.717) is 30.8 Å². The Morgan fingerprint density at radius 1 is 0.817 bits per heavy atom. The van der Waals surface area contributed by atoms with Crippen LogP contribution in [-0.2, 0) is 27.1 Å². The lowest BCUT2D eigenvalue weighted by atomic mass is 9.21. The van der Waals surface area contributed by atoms with E-state index in [1.54, 1.807) is 7.11 Å². The fourth-order valence-electron chi connectivity index (χ4n) is 19.3. The fraction of sp³-hybridized carbons (Fsp3) is 0.870. The third-order valence-corrected chi connectivity index (χ3v) is 22.1. The van der Waals surface area contributed by atoms with Crippen molar-refractivity contribution in [2.24, 2.45) is 73.4 Å². The van der Waals surface area contributed by atoms with Gasteiger partial charge in [0, 0.05) is 30.3 Å². The first-order chi connectivity index (χ1) is 28.7. The van der Waals surface area contributed by atoms with Crippen molar-refractivity contribution in [1.82, 2.24) is 0 Å². The molecule has 6 heteroatoms. The number of hydrogen-bond acceptors (Lipinski definition) is 5. The van der Waals surface area contributed by atoms with E-state index < -0.39 is 17.2 Å². The van der Waals surface area contributed by atoms with E-state index in [9.17, 15) is 20.1 Å². The highest BCUT2D eigenvalue weighted by Gasteiger charge is 2.86. The van der Waals surface area contributed by atoms with Gasteiger partial charge in [0.2, 0.25) is 0 Å². The summed E-state index contributed by atoms with van der Waals surface area (Å²) in [4.78, 5) is 13.2. The number of fused-ring (bicyclic) bond motifs is 5. The zero-order valence-corrected chi connectivity index (χ0v) is 38.8. The van der Waals surface area contributed by atoms with Gasteiger partial charge in [0.15, 0.2) is 5.79 Å². The lowest BCUT2D eigenvalue weighted by molar-refractivity contribution is -0.360. The van der Waals surface area contributed by atoms with Gasteiger partial charge in [-0.3, -0.25) is 4.79 Å². The molecule has 8 aliphatic rings. The van der Waals surface area contributed by atoms with Gasteiger partial charge < -0.3 is 24.8 Å². The molecule has 7 aliphatic carbocycles. The molecule has 2 bridgehead atoms. The van der Waals surface area contributed by atoms with Gasteiger partial charge in [-0.15, -0.1) is 0 Å². The van der Waals surface area contributed by atoms with Crippen LogP contribution in [0.3, 0.4) is 0 Å². The molecule has 8 fully saturated rings. The maximum absolute atomic E-state index is 13.2. The Hall–Kier alpha value is -1.47. The monoisotopic (exact) mass is 829 g/mol.